The van der Waals surface area contributed by atoms with Gasteiger partial charge in [-0.05, 0) is 47.7 Å². The molecule has 2 aromatic heterocycles. The SMILES string of the molecule is COc1cc(N2CCN(C(=O)Cn3nc(-c4ccncn4)c(Cl)c3C)CC2)ccc1I. The molecular weight excluding hydrogens is 531 g/mol. The van der Waals surface area contributed by atoms with Crippen molar-refractivity contribution in [1.82, 2.24) is 24.6 Å². The number of carbonyl (C=O) groups is 1. The molecule has 1 aliphatic heterocycles. The second kappa shape index (κ2) is 9.39. The molecule has 31 heavy (non-hydrogen) atoms. The van der Waals surface area contributed by atoms with Crippen LogP contribution in [-0.2, 0) is 11.3 Å². The fourth-order valence-electron chi connectivity index (χ4n) is 3.56. The molecule has 0 spiro atoms. The van der Waals surface area contributed by atoms with E-state index >= 15 is 0 Å². The first-order valence-electron chi connectivity index (χ1n) is 9.83. The van der Waals surface area contributed by atoms with Crippen LogP contribution in [0.5, 0.6) is 5.75 Å². The van der Waals surface area contributed by atoms with E-state index in [0.29, 0.717) is 29.5 Å². The summed E-state index contributed by atoms with van der Waals surface area (Å²) in [4.78, 5) is 25.2. The first kappa shape index (κ1) is 21.8. The van der Waals surface area contributed by atoms with Crippen LogP contribution in [0.25, 0.3) is 11.4 Å². The van der Waals surface area contributed by atoms with Gasteiger partial charge in [0.05, 0.1) is 27.1 Å². The minimum atomic E-state index is 0.0244. The standard InChI is InChI=1S/C21H22ClIN6O2/c1-14-20(22)21(17-5-6-24-13-25-17)26-29(14)12-19(30)28-9-7-27(8-10-28)15-3-4-16(23)18(11-15)31-2/h3-6,11,13H,7-10,12H2,1-2H3. The molecule has 1 fully saturated rings. The van der Waals surface area contributed by atoms with Crippen molar-refractivity contribution in [1.29, 1.82) is 0 Å². The number of carbonyl (C=O) groups excluding carboxylic acids is 1. The Bertz CT molecular complexity index is 1080. The van der Waals surface area contributed by atoms with E-state index in [2.05, 4.69) is 48.6 Å². The van der Waals surface area contributed by atoms with E-state index in [-0.39, 0.29) is 12.5 Å². The molecule has 0 radical (unpaired) electrons. The molecule has 3 aromatic rings. The summed E-state index contributed by atoms with van der Waals surface area (Å²) in [6.45, 7) is 4.84. The van der Waals surface area contributed by atoms with Crippen LogP contribution in [0, 0.1) is 10.5 Å². The molecule has 1 aliphatic rings. The van der Waals surface area contributed by atoms with E-state index in [0.717, 1.165) is 33.8 Å². The van der Waals surface area contributed by atoms with Crippen molar-refractivity contribution in [2.24, 2.45) is 0 Å². The van der Waals surface area contributed by atoms with Crippen molar-refractivity contribution in [3.05, 3.63) is 51.1 Å². The summed E-state index contributed by atoms with van der Waals surface area (Å²) in [6, 6.07) is 7.93. The maximum absolute atomic E-state index is 12.9. The van der Waals surface area contributed by atoms with Crippen LogP contribution in [0.2, 0.25) is 5.02 Å². The number of rotatable bonds is 5. The number of hydrogen-bond donors (Lipinski definition) is 0. The van der Waals surface area contributed by atoms with Gasteiger partial charge in [-0.1, -0.05) is 11.6 Å². The number of aromatic nitrogens is 4. The Labute approximate surface area is 199 Å². The van der Waals surface area contributed by atoms with Crippen molar-refractivity contribution in [3.8, 4) is 17.1 Å². The fraction of sp³-hybridized carbons (Fsp3) is 0.333. The number of piperazine rings is 1. The lowest BCUT2D eigenvalue weighted by Gasteiger charge is -2.36. The van der Waals surface area contributed by atoms with Gasteiger partial charge in [-0.3, -0.25) is 9.48 Å². The molecule has 8 nitrogen and oxygen atoms in total. The molecule has 1 saturated heterocycles. The zero-order valence-corrected chi connectivity index (χ0v) is 20.2. The smallest absolute Gasteiger partial charge is 0.244 e. The van der Waals surface area contributed by atoms with Crippen LogP contribution in [0.3, 0.4) is 0 Å². The molecular formula is C21H22ClIN6O2. The molecule has 0 bridgehead atoms. The van der Waals surface area contributed by atoms with Crippen LogP contribution in [0.15, 0.2) is 36.8 Å². The average Bonchev–Trinajstić information content (AvgIpc) is 3.08. The summed E-state index contributed by atoms with van der Waals surface area (Å²) in [5.41, 5.74) is 3.05. The summed E-state index contributed by atoms with van der Waals surface area (Å²) in [5.74, 6) is 0.887. The highest BCUT2D eigenvalue weighted by atomic mass is 127. The summed E-state index contributed by atoms with van der Waals surface area (Å²) in [5, 5.41) is 5.03. The summed E-state index contributed by atoms with van der Waals surface area (Å²) in [6.07, 6.45) is 3.09. The molecule has 0 unspecified atom stereocenters. The third kappa shape index (κ3) is 4.62. The van der Waals surface area contributed by atoms with Crippen molar-refractivity contribution in [2.45, 2.75) is 13.5 Å². The van der Waals surface area contributed by atoms with Gasteiger partial charge in [0.1, 0.15) is 24.3 Å². The van der Waals surface area contributed by atoms with Gasteiger partial charge in [0, 0.05) is 44.1 Å². The van der Waals surface area contributed by atoms with Crippen LogP contribution in [0.1, 0.15) is 5.69 Å². The maximum Gasteiger partial charge on any atom is 0.244 e. The molecule has 1 aromatic carbocycles. The first-order valence-corrected chi connectivity index (χ1v) is 11.3. The maximum atomic E-state index is 12.9. The summed E-state index contributed by atoms with van der Waals surface area (Å²) >= 11 is 8.71. The van der Waals surface area contributed by atoms with Gasteiger partial charge < -0.3 is 14.5 Å². The molecule has 10 heteroatoms. The minimum Gasteiger partial charge on any atom is -0.496 e. The van der Waals surface area contributed by atoms with E-state index in [9.17, 15) is 4.79 Å². The Balaban J connectivity index is 1.41. The quantitative estimate of drug-likeness (QED) is 0.453. The van der Waals surface area contributed by atoms with Gasteiger partial charge >= 0.3 is 0 Å². The summed E-state index contributed by atoms with van der Waals surface area (Å²) in [7, 11) is 1.68. The van der Waals surface area contributed by atoms with E-state index in [4.69, 9.17) is 16.3 Å². The number of amides is 1. The third-order valence-electron chi connectivity index (χ3n) is 5.38. The van der Waals surface area contributed by atoms with E-state index < -0.39 is 0 Å². The van der Waals surface area contributed by atoms with Crippen molar-refractivity contribution < 1.29 is 9.53 Å². The fourth-order valence-corrected chi connectivity index (χ4v) is 4.35. The lowest BCUT2D eigenvalue weighted by molar-refractivity contribution is -0.132. The second-order valence-corrected chi connectivity index (χ2v) is 8.73. The highest BCUT2D eigenvalue weighted by molar-refractivity contribution is 14.1. The van der Waals surface area contributed by atoms with Crippen LogP contribution in [-0.4, -0.2) is 63.8 Å². The van der Waals surface area contributed by atoms with Crippen LogP contribution in [0.4, 0.5) is 5.69 Å². The largest absolute Gasteiger partial charge is 0.496 e. The number of benzene rings is 1. The molecule has 0 aliphatic carbocycles. The van der Waals surface area contributed by atoms with Gasteiger partial charge in [-0.25, -0.2) is 9.97 Å². The molecule has 4 rings (SSSR count). The zero-order chi connectivity index (χ0) is 22.0. The zero-order valence-electron chi connectivity index (χ0n) is 17.3. The average molecular weight is 553 g/mol. The van der Waals surface area contributed by atoms with Crippen molar-refractivity contribution >= 4 is 45.8 Å². The number of methoxy groups -OCH3 is 1. The van der Waals surface area contributed by atoms with E-state index in [1.165, 1.54) is 6.33 Å². The van der Waals surface area contributed by atoms with Crippen LogP contribution >= 0.6 is 34.2 Å². The molecule has 0 saturated carbocycles. The van der Waals surface area contributed by atoms with Gasteiger partial charge in [-0.2, -0.15) is 5.10 Å². The predicted octanol–water partition coefficient (Wildman–Crippen LogP) is 3.26. The Morgan fingerprint density at radius 3 is 2.68 bits per heavy atom. The number of ether oxygens (including phenoxy) is 1. The molecule has 1 amide bonds. The first-order chi connectivity index (χ1) is 15.0. The van der Waals surface area contributed by atoms with Crippen LogP contribution < -0.4 is 9.64 Å². The lowest BCUT2D eigenvalue weighted by Crippen LogP contribution is -2.49. The Morgan fingerprint density at radius 2 is 2.00 bits per heavy atom. The minimum absolute atomic E-state index is 0.0244. The number of hydrogen-bond acceptors (Lipinski definition) is 6. The third-order valence-corrected chi connectivity index (χ3v) is 6.72. The molecule has 3 heterocycles. The molecule has 0 atom stereocenters. The second-order valence-electron chi connectivity index (χ2n) is 7.19. The van der Waals surface area contributed by atoms with Crippen molar-refractivity contribution in [3.63, 3.8) is 0 Å². The van der Waals surface area contributed by atoms with Gasteiger partial charge in [0.25, 0.3) is 0 Å². The van der Waals surface area contributed by atoms with Gasteiger partial charge in [0.2, 0.25) is 5.91 Å². The molecule has 162 valence electrons. The van der Waals surface area contributed by atoms with Gasteiger partial charge in [0.15, 0.2) is 0 Å². The Kier molecular flexibility index (Phi) is 6.61. The topological polar surface area (TPSA) is 76.4 Å². The van der Waals surface area contributed by atoms with Crippen molar-refractivity contribution in [2.75, 3.05) is 38.2 Å². The normalized spacial score (nSPS) is 14.1. The number of anilines is 1. The number of halogens is 2. The molecule has 0 N–H and O–H groups in total. The Morgan fingerprint density at radius 1 is 1.23 bits per heavy atom. The van der Waals surface area contributed by atoms with Gasteiger partial charge in [-0.15, -0.1) is 0 Å². The number of nitrogens with zero attached hydrogens (tertiary/aromatic N) is 6. The monoisotopic (exact) mass is 552 g/mol. The lowest BCUT2D eigenvalue weighted by atomic mass is 10.2. The van der Waals surface area contributed by atoms with E-state index in [1.807, 2.05) is 24.0 Å². The Hall–Kier alpha value is -2.40. The highest BCUT2D eigenvalue weighted by Gasteiger charge is 2.24. The predicted molar refractivity (Wildman–Crippen MR) is 128 cm³/mol. The van der Waals surface area contributed by atoms with E-state index in [1.54, 1.807) is 24.1 Å². The summed E-state index contributed by atoms with van der Waals surface area (Å²) < 4.78 is 8.16. The highest BCUT2D eigenvalue weighted by Crippen LogP contribution is 2.29.